The Morgan fingerprint density at radius 2 is 2.07 bits per heavy atom. The molecule has 0 bridgehead atoms. The summed E-state index contributed by atoms with van der Waals surface area (Å²) < 4.78 is 27.9. The number of aromatic nitrogens is 3. The lowest BCUT2D eigenvalue weighted by Crippen LogP contribution is -2.30. The first-order chi connectivity index (χ1) is 14.4. The van der Waals surface area contributed by atoms with Gasteiger partial charge < -0.3 is 4.57 Å². The molecule has 158 valence electrons. The molecule has 0 saturated heterocycles. The summed E-state index contributed by atoms with van der Waals surface area (Å²) in [5, 5.41) is 11.3. The van der Waals surface area contributed by atoms with E-state index >= 15 is 0 Å². The van der Waals surface area contributed by atoms with Gasteiger partial charge in [-0.15, -0.1) is 21.5 Å². The van der Waals surface area contributed by atoms with Crippen LogP contribution >= 0.6 is 23.1 Å². The number of carbonyl (C=O) groups excluding carboxylic acids is 1. The molecular formula is C20H22N4O3S3. The highest BCUT2D eigenvalue weighted by Crippen LogP contribution is 2.32. The summed E-state index contributed by atoms with van der Waals surface area (Å²) in [6, 6.07) is 9.27. The smallest absolute Gasteiger partial charge is 0.234 e. The average molecular weight is 463 g/mol. The van der Waals surface area contributed by atoms with Crippen molar-refractivity contribution in [1.82, 2.24) is 14.8 Å². The molecule has 7 nitrogen and oxygen atoms in total. The minimum atomic E-state index is -3.29. The molecule has 10 heteroatoms. The van der Waals surface area contributed by atoms with Crippen molar-refractivity contribution >= 4 is 44.6 Å². The molecule has 0 aliphatic carbocycles. The monoisotopic (exact) mass is 462 g/mol. The van der Waals surface area contributed by atoms with Crippen LogP contribution in [-0.2, 0) is 23.0 Å². The molecule has 0 N–H and O–H groups in total. The predicted octanol–water partition coefficient (Wildman–Crippen LogP) is 3.71. The van der Waals surface area contributed by atoms with Gasteiger partial charge in [0.15, 0.2) is 16.8 Å². The lowest BCUT2D eigenvalue weighted by Gasteiger charge is -2.18. The minimum absolute atomic E-state index is 0.0112. The Balaban J connectivity index is 1.48. The van der Waals surface area contributed by atoms with Gasteiger partial charge in [-0.3, -0.25) is 9.10 Å². The third-order valence-corrected chi connectivity index (χ3v) is 8.67. The van der Waals surface area contributed by atoms with Gasteiger partial charge in [0, 0.05) is 18.7 Å². The predicted molar refractivity (Wildman–Crippen MR) is 121 cm³/mol. The molecule has 0 spiro atoms. The van der Waals surface area contributed by atoms with Crippen molar-refractivity contribution in [3.8, 4) is 10.7 Å². The van der Waals surface area contributed by atoms with Crippen molar-refractivity contribution in [3.63, 3.8) is 0 Å². The first kappa shape index (κ1) is 21.1. The molecule has 0 unspecified atom stereocenters. The van der Waals surface area contributed by atoms with Crippen LogP contribution in [0.15, 0.2) is 40.9 Å². The van der Waals surface area contributed by atoms with Crippen molar-refractivity contribution in [1.29, 1.82) is 0 Å². The Bertz CT molecular complexity index is 1170. The summed E-state index contributed by atoms with van der Waals surface area (Å²) in [5.41, 5.74) is 2.19. The highest BCUT2D eigenvalue weighted by molar-refractivity contribution is 7.99. The Morgan fingerprint density at radius 3 is 2.77 bits per heavy atom. The van der Waals surface area contributed by atoms with Gasteiger partial charge in [-0.2, -0.15) is 0 Å². The number of ketones is 1. The number of hydrogen-bond donors (Lipinski definition) is 0. The van der Waals surface area contributed by atoms with E-state index in [1.807, 2.05) is 35.1 Å². The van der Waals surface area contributed by atoms with E-state index in [-0.39, 0.29) is 17.3 Å². The van der Waals surface area contributed by atoms with Crippen molar-refractivity contribution < 1.29 is 13.2 Å². The largest absolute Gasteiger partial charge is 0.302 e. The van der Waals surface area contributed by atoms with Crippen molar-refractivity contribution in [3.05, 3.63) is 46.8 Å². The second kappa shape index (κ2) is 8.52. The number of anilines is 1. The maximum absolute atomic E-state index is 12.8. The van der Waals surface area contributed by atoms with Crippen LogP contribution in [-0.4, -0.2) is 47.0 Å². The number of nitrogens with zero attached hydrogens (tertiary/aromatic N) is 4. The zero-order valence-corrected chi connectivity index (χ0v) is 19.2. The number of hydrogen-bond acceptors (Lipinski definition) is 7. The molecule has 0 atom stereocenters. The molecule has 0 amide bonds. The molecule has 2 aromatic heterocycles. The summed E-state index contributed by atoms with van der Waals surface area (Å²) in [5.74, 6) is 1.12. The topological polar surface area (TPSA) is 85.2 Å². The standard InChI is InChI=1S/C20H22N4O3S3/c1-3-23-19(18-6-5-11-28-18)21-22-20(23)29-13-17(25)15-7-8-16-14(12-15)9-10-24(16)30(26,27)4-2/h5-8,11-12H,3-4,9-10,13H2,1-2H3. The Hall–Kier alpha value is -2.17. The molecule has 1 aromatic carbocycles. The van der Waals surface area contributed by atoms with Crippen LogP contribution < -0.4 is 4.31 Å². The maximum atomic E-state index is 12.8. The number of carbonyl (C=O) groups is 1. The highest BCUT2D eigenvalue weighted by Gasteiger charge is 2.28. The summed E-state index contributed by atoms with van der Waals surface area (Å²) in [7, 11) is -3.29. The second-order valence-corrected chi connectivity index (χ2v) is 10.9. The Kier molecular flexibility index (Phi) is 5.99. The quantitative estimate of drug-likeness (QED) is 0.375. The van der Waals surface area contributed by atoms with Crippen LogP contribution in [0.1, 0.15) is 29.8 Å². The van der Waals surface area contributed by atoms with E-state index < -0.39 is 10.0 Å². The molecule has 3 heterocycles. The third-order valence-electron chi connectivity index (χ3n) is 5.06. The lowest BCUT2D eigenvalue weighted by atomic mass is 10.1. The van der Waals surface area contributed by atoms with Crippen LogP contribution in [0, 0.1) is 0 Å². The molecule has 4 rings (SSSR count). The molecule has 1 aliphatic heterocycles. The normalized spacial score (nSPS) is 13.6. The Labute approximate surface area is 184 Å². The van der Waals surface area contributed by atoms with E-state index in [0.717, 1.165) is 28.0 Å². The van der Waals surface area contributed by atoms with Crippen LogP contribution in [0.5, 0.6) is 0 Å². The number of thiophene rings is 1. The molecule has 1 aliphatic rings. The van der Waals surface area contributed by atoms with Crippen molar-refractivity contribution in [2.45, 2.75) is 32.0 Å². The van der Waals surface area contributed by atoms with Gasteiger partial charge in [0.1, 0.15) is 0 Å². The van der Waals surface area contributed by atoms with E-state index in [1.54, 1.807) is 30.4 Å². The molecule has 0 saturated carbocycles. The van der Waals surface area contributed by atoms with Gasteiger partial charge in [0.25, 0.3) is 0 Å². The summed E-state index contributed by atoms with van der Waals surface area (Å²) >= 11 is 2.98. The fourth-order valence-electron chi connectivity index (χ4n) is 3.47. The summed E-state index contributed by atoms with van der Waals surface area (Å²) in [4.78, 5) is 13.8. The fraction of sp³-hybridized carbons (Fsp3) is 0.350. The molecule has 0 radical (unpaired) electrons. The van der Waals surface area contributed by atoms with Gasteiger partial charge in [-0.1, -0.05) is 17.8 Å². The zero-order chi connectivity index (χ0) is 21.3. The maximum Gasteiger partial charge on any atom is 0.234 e. The molecule has 30 heavy (non-hydrogen) atoms. The lowest BCUT2D eigenvalue weighted by molar-refractivity contribution is 0.102. The Morgan fingerprint density at radius 1 is 1.23 bits per heavy atom. The number of fused-ring (bicyclic) bond motifs is 1. The van der Waals surface area contributed by atoms with Crippen LogP contribution in [0.3, 0.4) is 0 Å². The van der Waals surface area contributed by atoms with Crippen LogP contribution in [0.4, 0.5) is 5.69 Å². The van der Waals surface area contributed by atoms with E-state index in [2.05, 4.69) is 10.2 Å². The highest BCUT2D eigenvalue weighted by atomic mass is 32.2. The number of sulfonamides is 1. The number of benzene rings is 1. The van der Waals surface area contributed by atoms with E-state index in [4.69, 9.17) is 0 Å². The first-order valence-electron chi connectivity index (χ1n) is 9.71. The summed E-state index contributed by atoms with van der Waals surface area (Å²) in [6.45, 7) is 4.82. The zero-order valence-electron chi connectivity index (χ0n) is 16.7. The molecule has 3 aromatic rings. The SMILES string of the molecule is CCn1c(SCC(=O)c2ccc3c(c2)CCN3S(=O)(=O)CC)nnc1-c1cccs1. The molecule has 0 fully saturated rings. The second-order valence-electron chi connectivity index (χ2n) is 6.81. The van der Waals surface area contributed by atoms with Gasteiger partial charge >= 0.3 is 0 Å². The van der Waals surface area contributed by atoms with Crippen molar-refractivity contribution in [2.24, 2.45) is 0 Å². The summed E-state index contributed by atoms with van der Waals surface area (Å²) in [6.07, 6.45) is 0.622. The fourth-order valence-corrected chi connectivity index (χ4v) is 6.24. The minimum Gasteiger partial charge on any atom is -0.302 e. The van der Waals surface area contributed by atoms with Crippen LogP contribution in [0.25, 0.3) is 10.7 Å². The first-order valence-corrected chi connectivity index (χ1v) is 13.2. The molecular weight excluding hydrogens is 440 g/mol. The van der Waals surface area contributed by atoms with Crippen molar-refractivity contribution in [2.75, 3.05) is 22.4 Å². The van der Waals surface area contributed by atoms with E-state index in [1.165, 1.54) is 16.1 Å². The number of Topliss-reactive ketones (excluding diaryl/α,β-unsaturated/α-hetero) is 1. The third kappa shape index (κ3) is 3.91. The van der Waals surface area contributed by atoms with Crippen LogP contribution in [0.2, 0.25) is 0 Å². The van der Waals surface area contributed by atoms with Gasteiger partial charge in [-0.05, 0) is 55.5 Å². The van der Waals surface area contributed by atoms with Gasteiger partial charge in [-0.25, -0.2) is 8.42 Å². The van der Waals surface area contributed by atoms with E-state index in [9.17, 15) is 13.2 Å². The van der Waals surface area contributed by atoms with Gasteiger partial charge in [0.2, 0.25) is 10.0 Å². The average Bonchev–Trinajstić information content (AvgIpc) is 3.50. The number of thioether (sulfide) groups is 1. The van der Waals surface area contributed by atoms with E-state index in [0.29, 0.717) is 24.2 Å². The van der Waals surface area contributed by atoms with Gasteiger partial charge in [0.05, 0.1) is 22.1 Å². The number of rotatable bonds is 8.